The van der Waals surface area contributed by atoms with E-state index in [-0.39, 0.29) is 17.3 Å². The number of unbranched alkanes of at least 4 members (excludes halogenated alkanes) is 2. The van der Waals surface area contributed by atoms with Gasteiger partial charge in [-0.25, -0.2) is 0 Å². The second-order valence-corrected chi connectivity index (χ2v) is 9.59. The topological polar surface area (TPSA) is 118 Å². The van der Waals surface area contributed by atoms with Crippen LogP contribution in [0.5, 0.6) is 0 Å². The number of aromatic nitrogens is 2. The van der Waals surface area contributed by atoms with E-state index in [2.05, 4.69) is 39.6 Å². The first-order valence-corrected chi connectivity index (χ1v) is 13.1. The maximum atomic E-state index is 13.5. The zero-order valence-electron chi connectivity index (χ0n) is 21.7. The van der Waals surface area contributed by atoms with Gasteiger partial charge in [-0.2, -0.15) is 0 Å². The highest BCUT2D eigenvalue weighted by atomic mass is 16.2. The van der Waals surface area contributed by atoms with Gasteiger partial charge in [0.2, 0.25) is 5.91 Å². The van der Waals surface area contributed by atoms with Crippen molar-refractivity contribution >= 4 is 28.5 Å². The first-order valence-electron chi connectivity index (χ1n) is 13.1. The number of hydrogen-bond acceptors (Lipinski definition) is 4. The number of nitrogens with zero attached hydrogens (tertiary/aromatic N) is 1. The average molecular weight is 511 g/mol. The van der Waals surface area contributed by atoms with E-state index in [1.165, 1.54) is 0 Å². The fourth-order valence-corrected chi connectivity index (χ4v) is 4.94. The first-order chi connectivity index (χ1) is 18.5. The van der Waals surface area contributed by atoms with Crippen LogP contribution >= 0.6 is 0 Å². The molecule has 2 amide bonds. The monoisotopic (exact) mass is 510 g/mol. The summed E-state index contributed by atoms with van der Waals surface area (Å²) in [5.74, 6) is -1.23. The predicted molar refractivity (Wildman–Crippen MR) is 150 cm³/mol. The minimum atomic E-state index is -0.604. The summed E-state index contributed by atoms with van der Waals surface area (Å²) >= 11 is 0. The predicted octanol–water partition coefficient (Wildman–Crippen LogP) is 5.31. The number of Topliss-reactive ketones (excluding diaryl/α,β-unsaturated/α-hetero) is 1. The molecule has 0 spiro atoms. The summed E-state index contributed by atoms with van der Waals surface area (Å²) in [6.07, 6.45) is 5.59. The molecule has 0 fully saturated rings. The van der Waals surface area contributed by atoms with Gasteiger partial charge in [-0.3, -0.25) is 14.6 Å². The van der Waals surface area contributed by atoms with Crippen molar-refractivity contribution in [2.75, 3.05) is 6.54 Å². The van der Waals surface area contributed by atoms with Crippen LogP contribution in [0.3, 0.4) is 0 Å². The van der Waals surface area contributed by atoms with Gasteiger partial charge in [-0.15, -0.1) is 0 Å². The molecule has 0 saturated carbocycles. The molecule has 0 unspecified atom stereocenters. The lowest BCUT2D eigenvalue weighted by atomic mass is 9.92. The summed E-state index contributed by atoms with van der Waals surface area (Å²) in [6, 6.07) is 21.6. The number of para-hydroxylation sites is 1. The molecular weight excluding hydrogens is 476 g/mol. The van der Waals surface area contributed by atoms with Gasteiger partial charge in [0.1, 0.15) is 5.78 Å². The van der Waals surface area contributed by atoms with E-state index in [0.29, 0.717) is 31.5 Å². The molecule has 4 rings (SSSR count). The third-order valence-corrected chi connectivity index (χ3v) is 6.82. The number of primary amides is 1. The van der Waals surface area contributed by atoms with Crippen molar-refractivity contribution in [1.29, 1.82) is 0 Å². The fraction of sp³-hybridized carbons (Fsp3) is 0.290. The SMILES string of the molecule is CC(=O)CCCCC[C@H](C(=O)NCCc1c(-c2ccccc2)[nH]c2ccccc12)c1ncccc1C(N)=O. The quantitative estimate of drug-likeness (QED) is 0.211. The Bertz CT molecular complexity index is 1410. The van der Waals surface area contributed by atoms with E-state index < -0.39 is 11.8 Å². The van der Waals surface area contributed by atoms with Gasteiger partial charge >= 0.3 is 0 Å². The van der Waals surface area contributed by atoms with Crippen molar-refractivity contribution in [2.24, 2.45) is 5.73 Å². The molecule has 2 heterocycles. The highest BCUT2D eigenvalue weighted by molar-refractivity contribution is 5.96. The molecule has 0 bridgehead atoms. The second-order valence-electron chi connectivity index (χ2n) is 9.59. The zero-order chi connectivity index (χ0) is 26.9. The van der Waals surface area contributed by atoms with Crippen LogP contribution in [0.2, 0.25) is 0 Å². The number of amides is 2. The van der Waals surface area contributed by atoms with Crippen molar-refractivity contribution in [3.8, 4) is 11.3 Å². The lowest BCUT2D eigenvalue weighted by molar-refractivity contribution is -0.123. The summed E-state index contributed by atoms with van der Waals surface area (Å²) in [6.45, 7) is 2.01. The van der Waals surface area contributed by atoms with Gasteiger partial charge < -0.3 is 20.8 Å². The second kappa shape index (κ2) is 12.8. The van der Waals surface area contributed by atoms with Crippen LogP contribution in [0.1, 0.15) is 66.6 Å². The molecule has 1 atom stereocenters. The minimum absolute atomic E-state index is 0.159. The number of benzene rings is 2. The van der Waals surface area contributed by atoms with Crippen LogP contribution in [0, 0.1) is 0 Å². The molecule has 7 heteroatoms. The Kier molecular flexibility index (Phi) is 9.03. The van der Waals surface area contributed by atoms with Crippen LogP contribution in [0.25, 0.3) is 22.2 Å². The Balaban J connectivity index is 1.51. The summed E-state index contributed by atoms with van der Waals surface area (Å²) < 4.78 is 0. The number of fused-ring (bicyclic) bond motifs is 1. The Morgan fingerprint density at radius 3 is 2.47 bits per heavy atom. The number of hydrogen-bond donors (Lipinski definition) is 3. The molecule has 0 radical (unpaired) electrons. The Morgan fingerprint density at radius 2 is 1.71 bits per heavy atom. The first kappa shape index (κ1) is 26.8. The van der Waals surface area contributed by atoms with Gasteiger partial charge in [-0.05, 0) is 55.5 Å². The molecule has 0 saturated heterocycles. The normalized spacial score (nSPS) is 11.8. The third kappa shape index (κ3) is 6.54. The maximum Gasteiger partial charge on any atom is 0.250 e. The molecule has 2 aromatic carbocycles. The molecular formula is C31H34N4O3. The van der Waals surface area contributed by atoms with E-state index in [0.717, 1.165) is 47.0 Å². The third-order valence-electron chi connectivity index (χ3n) is 6.82. The number of rotatable bonds is 13. The van der Waals surface area contributed by atoms with Gasteiger partial charge in [0.25, 0.3) is 5.91 Å². The number of carbonyl (C=O) groups excluding carboxylic acids is 3. The Morgan fingerprint density at radius 1 is 0.947 bits per heavy atom. The van der Waals surface area contributed by atoms with Gasteiger partial charge in [0.15, 0.2) is 0 Å². The van der Waals surface area contributed by atoms with E-state index >= 15 is 0 Å². The standard InChI is InChI=1S/C31H34N4O3/c1-21(36)11-4-2-7-15-26(29-25(30(32)37)16-10-19-33-29)31(38)34-20-18-24-23-14-8-9-17-27(23)35-28(24)22-12-5-3-6-13-22/h3,5-6,8-10,12-14,16-17,19,26,35H,2,4,7,11,15,18,20H2,1H3,(H2,32,37)(H,34,38)/t26-/m0/s1. The van der Waals surface area contributed by atoms with Gasteiger partial charge in [0.05, 0.1) is 17.2 Å². The van der Waals surface area contributed by atoms with Crippen molar-refractivity contribution in [3.05, 3.63) is 89.7 Å². The lowest BCUT2D eigenvalue weighted by Crippen LogP contribution is -2.33. The zero-order valence-corrected chi connectivity index (χ0v) is 21.7. The summed E-state index contributed by atoms with van der Waals surface area (Å²) in [7, 11) is 0. The van der Waals surface area contributed by atoms with E-state index in [9.17, 15) is 14.4 Å². The minimum Gasteiger partial charge on any atom is -0.366 e. The van der Waals surface area contributed by atoms with Gasteiger partial charge in [0, 0.05) is 35.8 Å². The lowest BCUT2D eigenvalue weighted by Gasteiger charge is -2.18. The van der Waals surface area contributed by atoms with Crippen molar-refractivity contribution in [3.63, 3.8) is 0 Å². The van der Waals surface area contributed by atoms with Crippen LogP contribution in [-0.2, 0) is 16.0 Å². The van der Waals surface area contributed by atoms with Crippen molar-refractivity contribution in [2.45, 2.75) is 51.4 Å². The average Bonchev–Trinajstić information content (AvgIpc) is 3.29. The maximum absolute atomic E-state index is 13.5. The van der Waals surface area contributed by atoms with Crippen LogP contribution in [-0.4, -0.2) is 34.1 Å². The van der Waals surface area contributed by atoms with Gasteiger partial charge in [-0.1, -0.05) is 61.4 Å². The Labute approximate surface area is 222 Å². The van der Waals surface area contributed by atoms with Crippen LogP contribution in [0.15, 0.2) is 72.9 Å². The molecule has 0 aliphatic heterocycles. The van der Waals surface area contributed by atoms with Crippen molar-refractivity contribution in [1.82, 2.24) is 15.3 Å². The fourth-order valence-electron chi connectivity index (χ4n) is 4.94. The molecule has 7 nitrogen and oxygen atoms in total. The number of nitrogens with one attached hydrogen (secondary N) is 2. The molecule has 4 aromatic rings. The molecule has 196 valence electrons. The van der Waals surface area contributed by atoms with Crippen LogP contribution in [0.4, 0.5) is 0 Å². The molecule has 0 aliphatic carbocycles. The number of pyridine rings is 1. The highest BCUT2D eigenvalue weighted by Crippen LogP contribution is 2.31. The highest BCUT2D eigenvalue weighted by Gasteiger charge is 2.26. The molecule has 4 N–H and O–H groups in total. The number of ketones is 1. The van der Waals surface area contributed by atoms with Crippen LogP contribution < -0.4 is 11.1 Å². The number of carbonyl (C=O) groups is 3. The summed E-state index contributed by atoms with van der Waals surface area (Å²) in [5, 5.41) is 4.22. The summed E-state index contributed by atoms with van der Waals surface area (Å²) in [4.78, 5) is 44.7. The molecule has 0 aliphatic rings. The van der Waals surface area contributed by atoms with Crippen molar-refractivity contribution < 1.29 is 14.4 Å². The Hall–Kier alpha value is -4.26. The van der Waals surface area contributed by atoms with E-state index in [1.54, 1.807) is 25.3 Å². The number of nitrogens with two attached hydrogens (primary N) is 1. The van der Waals surface area contributed by atoms with E-state index in [4.69, 9.17) is 5.73 Å². The number of H-pyrrole nitrogens is 1. The molecule has 38 heavy (non-hydrogen) atoms. The summed E-state index contributed by atoms with van der Waals surface area (Å²) in [5.41, 5.74) is 10.6. The number of aromatic amines is 1. The largest absolute Gasteiger partial charge is 0.366 e. The van der Waals surface area contributed by atoms with E-state index in [1.807, 2.05) is 30.3 Å². The molecule has 2 aromatic heterocycles. The smallest absolute Gasteiger partial charge is 0.250 e.